The molecule has 0 radical (unpaired) electrons. The van der Waals surface area contributed by atoms with E-state index in [-0.39, 0.29) is 5.75 Å². The molecule has 1 rings (SSSR count). The van der Waals surface area contributed by atoms with E-state index >= 15 is 0 Å². The highest BCUT2D eigenvalue weighted by Gasteiger charge is 2.12. The Morgan fingerprint density at radius 3 is 2.38 bits per heavy atom. The molecule has 0 heterocycles. The minimum atomic E-state index is -3.50. The molecule has 7 heteroatoms. The number of halogens is 2. The van der Waals surface area contributed by atoms with Crippen molar-refractivity contribution in [1.29, 1.82) is 0 Å². The van der Waals surface area contributed by atoms with Gasteiger partial charge in [-0.15, -0.1) is 23.5 Å². The normalized spacial score (nSPS) is 11.8. The number of benzene rings is 1. The smallest absolute Gasteiger partial charge is 0.212 e. The van der Waals surface area contributed by atoms with Crippen LogP contribution < -0.4 is 0 Å². The first-order chi connectivity index (χ1) is 7.37. The zero-order valence-corrected chi connectivity index (χ0v) is 13.5. The Morgan fingerprint density at radius 2 is 1.94 bits per heavy atom. The van der Waals surface area contributed by atoms with Gasteiger partial charge in [-0.3, -0.25) is 0 Å². The van der Waals surface area contributed by atoms with Gasteiger partial charge in [0.25, 0.3) is 0 Å². The third kappa shape index (κ3) is 4.14. The third-order valence-corrected chi connectivity index (χ3v) is 5.46. The predicted molar refractivity (Wildman–Crippen MR) is 76.2 cm³/mol. The fraction of sp³-hybridized carbons (Fsp3) is 0.333. The average Bonchev–Trinajstić information content (AvgIpc) is 2.14. The van der Waals surface area contributed by atoms with Gasteiger partial charge in [-0.2, -0.15) is 0 Å². The zero-order chi connectivity index (χ0) is 12.3. The molecular weight excluding hydrogens is 352 g/mol. The van der Waals surface area contributed by atoms with Crippen LogP contribution in [-0.4, -0.2) is 20.9 Å². The Kier molecular flexibility index (Phi) is 5.51. The first-order valence-corrected chi connectivity index (χ1v) is 9.92. The monoisotopic (exact) mass is 360 g/mol. The summed E-state index contributed by atoms with van der Waals surface area (Å²) in [5.74, 6) is -0.143. The van der Waals surface area contributed by atoms with Gasteiger partial charge in [0, 0.05) is 24.9 Å². The van der Waals surface area contributed by atoms with Crippen molar-refractivity contribution in [1.82, 2.24) is 0 Å². The lowest BCUT2D eigenvalue weighted by Gasteiger charge is -2.09. The van der Waals surface area contributed by atoms with Crippen LogP contribution in [0.2, 0.25) is 0 Å². The van der Waals surface area contributed by atoms with Crippen LogP contribution in [0.3, 0.4) is 0 Å². The molecule has 0 aliphatic carbocycles. The molecule has 0 aliphatic heterocycles. The van der Waals surface area contributed by atoms with Gasteiger partial charge in [-0.1, -0.05) is 0 Å². The summed E-state index contributed by atoms with van der Waals surface area (Å²) in [6.07, 6.45) is 3.94. The molecule has 0 bridgehead atoms. The summed E-state index contributed by atoms with van der Waals surface area (Å²) in [5.41, 5.74) is 0.698. The first kappa shape index (κ1) is 14.7. The quantitative estimate of drug-likeness (QED) is 0.600. The summed E-state index contributed by atoms with van der Waals surface area (Å²) in [6.45, 7) is 0. The standard InChI is InChI=1S/C9H10BrClO2S3/c1-14-8-4-6(5-16(11,12)13)3-7(10)9(8)15-2/h3-4H,5H2,1-2H3. The maximum Gasteiger partial charge on any atom is 0.236 e. The van der Waals surface area contributed by atoms with E-state index in [1.165, 1.54) is 0 Å². The molecule has 0 unspecified atom stereocenters. The van der Waals surface area contributed by atoms with E-state index < -0.39 is 9.05 Å². The van der Waals surface area contributed by atoms with Gasteiger partial charge in [0.15, 0.2) is 0 Å². The van der Waals surface area contributed by atoms with Crippen molar-refractivity contribution in [3.05, 3.63) is 22.2 Å². The minimum Gasteiger partial charge on any atom is -0.212 e. The van der Waals surface area contributed by atoms with E-state index in [0.29, 0.717) is 5.56 Å². The zero-order valence-electron chi connectivity index (χ0n) is 8.66. The van der Waals surface area contributed by atoms with E-state index in [1.807, 2.05) is 18.6 Å². The van der Waals surface area contributed by atoms with Crippen LogP contribution >= 0.6 is 50.1 Å². The van der Waals surface area contributed by atoms with E-state index in [0.717, 1.165) is 14.3 Å². The van der Waals surface area contributed by atoms with Crippen molar-refractivity contribution in [2.45, 2.75) is 15.5 Å². The Hall–Kier alpha value is 0.640. The molecule has 1 aromatic carbocycles. The summed E-state index contributed by atoms with van der Waals surface area (Å²) >= 11 is 6.64. The fourth-order valence-electron chi connectivity index (χ4n) is 1.25. The maximum absolute atomic E-state index is 11.0. The molecule has 0 spiro atoms. The highest BCUT2D eigenvalue weighted by Crippen LogP contribution is 2.36. The lowest BCUT2D eigenvalue weighted by Crippen LogP contribution is -1.96. The minimum absolute atomic E-state index is 0.143. The van der Waals surface area contributed by atoms with Crippen LogP contribution in [0.15, 0.2) is 26.4 Å². The van der Waals surface area contributed by atoms with Crippen molar-refractivity contribution in [3.63, 3.8) is 0 Å². The predicted octanol–water partition coefficient (Wildman–Crippen LogP) is 3.96. The first-order valence-electron chi connectivity index (χ1n) is 4.20. The Bertz CT molecular complexity index is 488. The lowest BCUT2D eigenvalue weighted by molar-refractivity contribution is 0.609. The van der Waals surface area contributed by atoms with Gasteiger partial charge in [-0.05, 0) is 46.1 Å². The number of hydrogen-bond donors (Lipinski definition) is 0. The topological polar surface area (TPSA) is 34.1 Å². The van der Waals surface area contributed by atoms with Crippen molar-refractivity contribution in [2.24, 2.45) is 0 Å². The van der Waals surface area contributed by atoms with Gasteiger partial charge in [0.1, 0.15) is 0 Å². The molecule has 0 fully saturated rings. The molecule has 0 aromatic heterocycles. The summed E-state index contributed by atoms with van der Waals surface area (Å²) in [4.78, 5) is 2.17. The average molecular weight is 362 g/mol. The van der Waals surface area contributed by atoms with Crippen molar-refractivity contribution in [2.75, 3.05) is 12.5 Å². The molecule has 0 N–H and O–H groups in total. The molecule has 16 heavy (non-hydrogen) atoms. The Balaban J connectivity index is 3.20. The Morgan fingerprint density at radius 1 is 1.31 bits per heavy atom. The Labute approximate surface area is 117 Å². The van der Waals surface area contributed by atoms with Crippen LogP contribution in [0.5, 0.6) is 0 Å². The summed E-state index contributed by atoms with van der Waals surface area (Å²) in [5, 5.41) is 0. The summed E-state index contributed by atoms with van der Waals surface area (Å²) in [6, 6.07) is 3.66. The highest BCUT2D eigenvalue weighted by atomic mass is 79.9. The fourth-order valence-corrected chi connectivity index (χ4v) is 4.90. The van der Waals surface area contributed by atoms with Crippen LogP contribution in [0, 0.1) is 0 Å². The summed E-state index contributed by atoms with van der Waals surface area (Å²) < 4.78 is 22.9. The molecule has 0 saturated heterocycles. The van der Waals surface area contributed by atoms with E-state index in [1.54, 1.807) is 29.6 Å². The third-order valence-electron chi connectivity index (χ3n) is 1.83. The molecule has 0 saturated carbocycles. The van der Waals surface area contributed by atoms with Crippen LogP contribution in [0.25, 0.3) is 0 Å². The van der Waals surface area contributed by atoms with Gasteiger partial charge in [0.2, 0.25) is 9.05 Å². The molecule has 0 amide bonds. The van der Waals surface area contributed by atoms with Gasteiger partial charge < -0.3 is 0 Å². The number of hydrogen-bond acceptors (Lipinski definition) is 4. The SMILES string of the molecule is CSc1cc(CS(=O)(=O)Cl)cc(Br)c1SC. The number of thioether (sulfide) groups is 2. The summed E-state index contributed by atoms with van der Waals surface area (Å²) in [7, 11) is 1.73. The van der Waals surface area contributed by atoms with E-state index in [4.69, 9.17) is 10.7 Å². The van der Waals surface area contributed by atoms with Crippen LogP contribution in [0.1, 0.15) is 5.56 Å². The molecule has 0 atom stereocenters. The second kappa shape index (κ2) is 6.00. The maximum atomic E-state index is 11.0. The van der Waals surface area contributed by atoms with E-state index in [2.05, 4.69) is 15.9 Å². The molecule has 0 aliphatic rings. The van der Waals surface area contributed by atoms with Crippen molar-refractivity contribution >= 4 is 59.2 Å². The van der Waals surface area contributed by atoms with Crippen molar-refractivity contribution in [3.8, 4) is 0 Å². The second-order valence-electron chi connectivity index (χ2n) is 3.00. The van der Waals surface area contributed by atoms with Gasteiger partial charge in [0.05, 0.1) is 5.75 Å². The van der Waals surface area contributed by atoms with Crippen LogP contribution in [0.4, 0.5) is 0 Å². The van der Waals surface area contributed by atoms with E-state index in [9.17, 15) is 8.42 Å². The molecule has 2 nitrogen and oxygen atoms in total. The molecule has 90 valence electrons. The lowest BCUT2D eigenvalue weighted by atomic mass is 10.2. The van der Waals surface area contributed by atoms with Gasteiger partial charge >= 0.3 is 0 Å². The number of rotatable bonds is 4. The van der Waals surface area contributed by atoms with Crippen molar-refractivity contribution < 1.29 is 8.42 Å². The largest absolute Gasteiger partial charge is 0.236 e. The second-order valence-corrected chi connectivity index (χ2v) is 8.29. The highest BCUT2D eigenvalue weighted by molar-refractivity contribution is 9.10. The molecular formula is C9H10BrClO2S3. The molecule has 1 aromatic rings. The van der Waals surface area contributed by atoms with Crippen LogP contribution in [-0.2, 0) is 14.8 Å². The van der Waals surface area contributed by atoms with Gasteiger partial charge in [-0.25, -0.2) is 8.42 Å².